The average Bonchev–Trinajstić information content (AvgIpc) is 3.10. The molecule has 1 N–H and O–H groups in total. The molecule has 9 heteroatoms. The number of thiazole rings is 1. The van der Waals surface area contributed by atoms with Crippen molar-refractivity contribution < 1.29 is 18.3 Å². The minimum Gasteiger partial charge on any atom is -0.396 e. The zero-order valence-corrected chi connectivity index (χ0v) is 20.7. The van der Waals surface area contributed by atoms with E-state index in [4.69, 9.17) is 5.11 Å². The molecule has 0 atom stereocenters. The fourth-order valence-electron chi connectivity index (χ4n) is 3.08. The lowest BCUT2D eigenvalue weighted by atomic mass is 10.1. The van der Waals surface area contributed by atoms with Crippen molar-refractivity contribution >= 4 is 49.9 Å². The number of nitrogens with zero attached hydrogens (tertiary/aromatic N) is 2. The molecular weight excluding hydrogens is 557 g/mol. The van der Waals surface area contributed by atoms with Gasteiger partial charge in [-0.3, -0.25) is 0 Å². The van der Waals surface area contributed by atoms with Crippen LogP contribution in [0.1, 0.15) is 31.2 Å². The highest BCUT2D eigenvalue weighted by atomic mass is 79.9. The second-order valence-electron chi connectivity index (χ2n) is 6.86. The fourth-order valence-corrected chi connectivity index (χ4v) is 4.30. The molecule has 168 valence electrons. The summed E-state index contributed by atoms with van der Waals surface area (Å²) in [6, 6.07) is 13.0. The number of alkyl halides is 3. The van der Waals surface area contributed by atoms with Crippen LogP contribution in [0.3, 0.4) is 0 Å². The third kappa shape index (κ3) is 7.30. The van der Waals surface area contributed by atoms with E-state index in [2.05, 4.69) is 25.5 Å². The van der Waals surface area contributed by atoms with Gasteiger partial charge >= 0.3 is 6.18 Å². The summed E-state index contributed by atoms with van der Waals surface area (Å²) in [6.07, 6.45) is -0.821. The van der Waals surface area contributed by atoms with Gasteiger partial charge in [-0.25, -0.2) is 4.99 Å². The Labute approximate surface area is 202 Å². The molecule has 1 aromatic heterocycles. The molecule has 1 heterocycles. The van der Waals surface area contributed by atoms with Gasteiger partial charge in [-0.05, 0) is 48.7 Å². The van der Waals surface area contributed by atoms with Crippen molar-refractivity contribution in [3.63, 3.8) is 0 Å². The summed E-state index contributed by atoms with van der Waals surface area (Å²) in [6.45, 7) is 0.893. The second kappa shape index (κ2) is 12.0. The largest absolute Gasteiger partial charge is 0.416 e. The lowest BCUT2D eigenvalue weighted by Gasteiger charge is -2.10. The monoisotopic (exact) mass is 578 g/mol. The quantitative estimate of drug-likeness (QED) is 0.278. The molecule has 2 aromatic carbocycles. The number of benzene rings is 2. The summed E-state index contributed by atoms with van der Waals surface area (Å²) in [5.41, 5.74) is 1.59. The molecule has 0 spiro atoms. The lowest BCUT2D eigenvalue weighted by Crippen LogP contribution is -2.16. The lowest BCUT2D eigenvalue weighted by molar-refractivity contribution is -0.137. The Morgan fingerprint density at radius 1 is 1.00 bits per heavy atom. The molecule has 0 radical (unpaired) electrons. The number of aliphatic hydroxyl groups excluding tert-OH is 1. The van der Waals surface area contributed by atoms with E-state index in [1.54, 1.807) is 6.07 Å². The van der Waals surface area contributed by atoms with E-state index in [9.17, 15) is 13.2 Å². The first-order valence-corrected chi connectivity index (χ1v) is 11.3. The highest BCUT2D eigenvalue weighted by molar-refractivity contribution is 9.10. The molecule has 0 amide bonds. The summed E-state index contributed by atoms with van der Waals surface area (Å²) in [7, 11) is 0. The van der Waals surface area contributed by atoms with E-state index in [1.807, 2.05) is 29.6 Å². The first-order chi connectivity index (χ1) is 14.4. The number of aromatic nitrogens is 1. The van der Waals surface area contributed by atoms with Crippen LogP contribution in [0.15, 0.2) is 63.4 Å². The van der Waals surface area contributed by atoms with Crippen molar-refractivity contribution in [1.82, 2.24) is 4.57 Å². The van der Waals surface area contributed by atoms with Gasteiger partial charge in [0.05, 0.1) is 16.9 Å². The maximum absolute atomic E-state index is 13.0. The SMILES string of the molecule is Br.OCCCCCCn1c(-c2ccc(Br)cc2)csc1=Nc1cccc(C(F)(F)F)c1. The topological polar surface area (TPSA) is 37.5 Å². The first-order valence-electron chi connectivity index (χ1n) is 9.65. The van der Waals surface area contributed by atoms with Crippen LogP contribution in [0.4, 0.5) is 18.9 Å². The first kappa shape index (κ1) is 25.8. The van der Waals surface area contributed by atoms with Crippen LogP contribution < -0.4 is 4.80 Å². The summed E-state index contributed by atoms with van der Waals surface area (Å²) in [5.74, 6) is 0. The molecule has 0 saturated carbocycles. The standard InChI is InChI=1S/C22H22BrF3N2OS.BrH/c23-18-10-8-16(9-11-18)20-15-30-21(28(20)12-3-1-2-4-13-29)27-19-7-5-6-17(14-19)22(24,25)26;/h5-11,14-15,29H,1-4,12-13H2;1H. The second-order valence-corrected chi connectivity index (χ2v) is 8.61. The van der Waals surface area contributed by atoms with Crippen molar-refractivity contribution in [2.75, 3.05) is 6.61 Å². The van der Waals surface area contributed by atoms with Gasteiger partial charge in [-0.2, -0.15) is 13.2 Å². The van der Waals surface area contributed by atoms with E-state index < -0.39 is 11.7 Å². The van der Waals surface area contributed by atoms with Crippen LogP contribution in [0, 0.1) is 0 Å². The van der Waals surface area contributed by atoms with Gasteiger partial charge in [0.25, 0.3) is 0 Å². The van der Waals surface area contributed by atoms with E-state index in [-0.39, 0.29) is 29.3 Å². The van der Waals surface area contributed by atoms with Gasteiger partial charge < -0.3 is 9.67 Å². The van der Waals surface area contributed by atoms with E-state index in [0.717, 1.165) is 53.5 Å². The van der Waals surface area contributed by atoms with Crippen LogP contribution in [0.2, 0.25) is 0 Å². The minimum atomic E-state index is -4.40. The van der Waals surface area contributed by atoms with E-state index in [1.165, 1.54) is 17.4 Å². The van der Waals surface area contributed by atoms with Crippen LogP contribution in [0.25, 0.3) is 11.3 Å². The third-order valence-corrected chi connectivity index (χ3v) is 6.02. The molecule has 0 fully saturated rings. The molecule has 0 aliphatic rings. The Morgan fingerprint density at radius 3 is 2.39 bits per heavy atom. The van der Waals surface area contributed by atoms with Crippen molar-refractivity contribution in [3.05, 3.63) is 68.7 Å². The van der Waals surface area contributed by atoms with E-state index in [0.29, 0.717) is 11.3 Å². The summed E-state index contributed by atoms with van der Waals surface area (Å²) < 4.78 is 42.2. The van der Waals surface area contributed by atoms with Crippen molar-refractivity contribution in [2.24, 2.45) is 4.99 Å². The van der Waals surface area contributed by atoms with Gasteiger partial charge in [-0.15, -0.1) is 28.3 Å². The Morgan fingerprint density at radius 2 is 1.71 bits per heavy atom. The predicted molar refractivity (Wildman–Crippen MR) is 128 cm³/mol. The Hall–Kier alpha value is -1.42. The third-order valence-electron chi connectivity index (χ3n) is 4.63. The smallest absolute Gasteiger partial charge is 0.396 e. The zero-order chi connectivity index (χ0) is 21.6. The highest BCUT2D eigenvalue weighted by Crippen LogP contribution is 2.31. The number of rotatable bonds is 8. The molecule has 3 aromatic rings. The average molecular weight is 580 g/mol. The van der Waals surface area contributed by atoms with Gasteiger partial charge in [0.15, 0.2) is 4.80 Å². The van der Waals surface area contributed by atoms with Crippen molar-refractivity contribution in [1.29, 1.82) is 0 Å². The minimum absolute atomic E-state index is 0. The summed E-state index contributed by atoms with van der Waals surface area (Å²) >= 11 is 4.85. The predicted octanol–water partition coefficient (Wildman–Crippen LogP) is 7.36. The maximum Gasteiger partial charge on any atom is 0.416 e. The Bertz CT molecular complexity index is 1030. The van der Waals surface area contributed by atoms with Gasteiger partial charge in [-0.1, -0.05) is 47.0 Å². The molecule has 31 heavy (non-hydrogen) atoms. The number of hydrogen-bond donors (Lipinski definition) is 1. The van der Waals surface area contributed by atoms with Gasteiger partial charge in [0.2, 0.25) is 0 Å². The molecule has 0 unspecified atom stereocenters. The van der Waals surface area contributed by atoms with Gasteiger partial charge in [0.1, 0.15) is 0 Å². The number of unbranched alkanes of at least 4 members (excludes halogenated alkanes) is 3. The zero-order valence-electron chi connectivity index (χ0n) is 16.6. The van der Waals surface area contributed by atoms with Crippen LogP contribution in [-0.2, 0) is 12.7 Å². The Balaban J connectivity index is 0.00000341. The molecule has 0 aliphatic heterocycles. The molecule has 0 saturated heterocycles. The maximum atomic E-state index is 13.0. The van der Waals surface area contributed by atoms with E-state index >= 15 is 0 Å². The number of hydrogen-bond acceptors (Lipinski definition) is 3. The number of aliphatic hydroxyl groups is 1. The highest BCUT2D eigenvalue weighted by Gasteiger charge is 2.30. The van der Waals surface area contributed by atoms with Crippen LogP contribution >= 0.6 is 44.2 Å². The Kier molecular flexibility index (Phi) is 9.99. The van der Waals surface area contributed by atoms with Crippen molar-refractivity contribution in [3.8, 4) is 11.3 Å². The van der Waals surface area contributed by atoms with Gasteiger partial charge in [0, 0.05) is 23.0 Å². The molecular formula is C22H23Br2F3N2OS. The fraction of sp³-hybridized carbons (Fsp3) is 0.318. The molecule has 3 rings (SSSR count). The molecule has 3 nitrogen and oxygen atoms in total. The van der Waals surface area contributed by atoms with Crippen molar-refractivity contribution in [2.45, 2.75) is 38.4 Å². The normalized spacial score (nSPS) is 12.1. The summed E-state index contributed by atoms with van der Waals surface area (Å²) in [5, 5.41) is 10.9. The van der Waals surface area contributed by atoms with Crippen LogP contribution in [-0.4, -0.2) is 16.3 Å². The number of halogens is 5. The molecule has 0 aliphatic carbocycles. The molecule has 0 bridgehead atoms. The van der Waals surface area contributed by atoms with Crippen LogP contribution in [0.5, 0.6) is 0 Å². The summed E-state index contributed by atoms with van der Waals surface area (Å²) in [4.78, 5) is 5.19.